The third-order valence-corrected chi connectivity index (χ3v) is 1.65. The fraction of sp³-hybridized carbons (Fsp3) is 0.750. The molecule has 3 N–H and O–H groups in total. The Labute approximate surface area is 86.9 Å². The summed E-state index contributed by atoms with van der Waals surface area (Å²) in [5.74, 6) is -2.40. The number of carboxylic acids is 2. The van der Waals surface area contributed by atoms with Crippen LogP contribution in [0.5, 0.6) is 0 Å². The zero-order chi connectivity index (χ0) is 11.8. The molecule has 0 saturated heterocycles. The first-order chi connectivity index (χ1) is 7.02. The van der Waals surface area contributed by atoms with E-state index in [2.05, 4.69) is 0 Å². The van der Waals surface area contributed by atoms with Gasteiger partial charge in [0.2, 0.25) is 6.23 Å². The van der Waals surface area contributed by atoms with Crippen molar-refractivity contribution in [2.24, 2.45) is 0 Å². The lowest BCUT2D eigenvalue weighted by molar-refractivity contribution is -0.168. The Morgan fingerprint density at radius 2 is 2.00 bits per heavy atom. The van der Waals surface area contributed by atoms with E-state index >= 15 is 0 Å². The van der Waals surface area contributed by atoms with Crippen molar-refractivity contribution in [1.29, 1.82) is 0 Å². The van der Waals surface area contributed by atoms with E-state index in [0.717, 1.165) is 4.90 Å². The summed E-state index contributed by atoms with van der Waals surface area (Å²) < 4.78 is 4.82. The van der Waals surface area contributed by atoms with E-state index < -0.39 is 24.7 Å². The molecular weight excluding hydrogens is 206 g/mol. The lowest BCUT2D eigenvalue weighted by atomic mass is 10.4. The van der Waals surface area contributed by atoms with Crippen molar-refractivity contribution in [3.8, 4) is 0 Å². The van der Waals surface area contributed by atoms with Gasteiger partial charge < -0.3 is 20.1 Å². The predicted molar refractivity (Wildman–Crippen MR) is 49.3 cm³/mol. The number of ether oxygens (including phenoxy) is 1. The molecule has 15 heavy (non-hydrogen) atoms. The van der Waals surface area contributed by atoms with Crippen molar-refractivity contribution in [3.63, 3.8) is 0 Å². The van der Waals surface area contributed by atoms with E-state index in [9.17, 15) is 9.59 Å². The third-order valence-electron chi connectivity index (χ3n) is 1.65. The normalized spacial score (nSPS) is 12.7. The number of likely N-dealkylation sites (N-methyl/N-ethyl adjacent to an activating group) is 1. The Hall–Kier alpha value is -1.18. The highest BCUT2D eigenvalue weighted by Gasteiger charge is 2.26. The molecule has 0 radical (unpaired) electrons. The molecule has 0 bridgehead atoms. The van der Waals surface area contributed by atoms with Crippen LogP contribution in [0.25, 0.3) is 0 Å². The maximum Gasteiger partial charge on any atom is 0.348 e. The van der Waals surface area contributed by atoms with Crippen LogP contribution in [0.1, 0.15) is 6.92 Å². The Bertz CT molecular complexity index is 219. The standard InChI is InChI=1S/C8H15NO6/c1-2-9(5-6(11)12)7(8(13)14)15-4-3-10/h7,10H,2-5H2,1H3,(H,11,12)(H,13,14). The summed E-state index contributed by atoms with van der Waals surface area (Å²) in [4.78, 5) is 22.3. The molecule has 7 nitrogen and oxygen atoms in total. The molecule has 88 valence electrons. The van der Waals surface area contributed by atoms with E-state index in [0.29, 0.717) is 0 Å². The van der Waals surface area contributed by atoms with Crippen molar-refractivity contribution in [1.82, 2.24) is 4.90 Å². The minimum absolute atomic E-state index is 0.146. The first-order valence-electron chi connectivity index (χ1n) is 4.44. The molecule has 0 aromatic carbocycles. The first-order valence-corrected chi connectivity index (χ1v) is 4.44. The van der Waals surface area contributed by atoms with Crippen LogP contribution in [-0.2, 0) is 14.3 Å². The predicted octanol–water partition coefficient (Wildman–Crippen LogP) is -1.19. The van der Waals surface area contributed by atoms with Gasteiger partial charge >= 0.3 is 11.9 Å². The van der Waals surface area contributed by atoms with Gasteiger partial charge in [-0.15, -0.1) is 0 Å². The van der Waals surface area contributed by atoms with Crippen LogP contribution in [0.3, 0.4) is 0 Å². The van der Waals surface area contributed by atoms with Gasteiger partial charge in [0.15, 0.2) is 0 Å². The van der Waals surface area contributed by atoms with Crippen LogP contribution in [0.2, 0.25) is 0 Å². The Balaban J connectivity index is 4.40. The maximum atomic E-state index is 10.7. The number of nitrogens with zero attached hydrogens (tertiary/aromatic N) is 1. The number of carbonyl (C=O) groups is 2. The number of hydrogen-bond donors (Lipinski definition) is 3. The van der Waals surface area contributed by atoms with Crippen LogP contribution in [-0.4, -0.2) is 64.7 Å². The molecule has 0 aromatic rings. The Morgan fingerprint density at radius 3 is 2.33 bits per heavy atom. The second kappa shape index (κ2) is 7.16. The van der Waals surface area contributed by atoms with Crippen molar-refractivity contribution in [3.05, 3.63) is 0 Å². The van der Waals surface area contributed by atoms with Crippen LogP contribution < -0.4 is 0 Å². The van der Waals surface area contributed by atoms with Gasteiger partial charge in [-0.05, 0) is 6.54 Å². The summed E-state index contributed by atoms with van der Waals surface area (Å²) in [5.41, 5.74) is 0. The van der Waals surface area contributed by atoms with Crippen LogP contribution in [0, 0.1) is 0 Å². The molecule has 7 heteroatoms. The average molecular weight is 221 g/mol. The van der Waals surface area contributed by atoms with Gasteiger partial charge in [0.05, 0.1) is 19.8 Å². The van der Waals surface area contributed by atoms with Crippen LogP contribution >= 0.6 is 0 Å². The van der Waals surface area contributed by atoms with Crippen molar-refractivity contribution >= 4 is 11.9 Å². The number of rotatable bonds is 8. The zero-order valence-electron chi connectivity index (χ0n) is 8.42. The van der Waals surface area contributed by atoms with E-state index in [1.807, 2.05) is 0 Å². The summed E-state index contributed by atoms with van der Waals surface area (Å²) in [7, 11) is 0. The largest absolute Gasteiger partial charge is 0.480 e. The third kappa shape index (κ3) is 5.31. The first kappa shape index (κ1) is 13.8. The fourth-order valence-electron chi connectivity index (χ4n) is 1.03. The molecule has 0 aromatic heterocycles. The molecule has 0 heterocycles. The second-order valence-corrected chi connectivity index (χ2v) is 2.74. The lowest BCUT2D eigenvalue weighted by Gasteiger charge is -2.25. The van der Waals surface area contributed by atoms with Crippen LogP contribution in [0.15, 0.2) is 0 Å². The highest BCUT2D eigenvalue weighted by Crippen LogP contribution is 2.01. The summed E-state index contributed by atoms with van der Waals surface area (Å²) in [5, 5.41) is 25.8. The summed E-state index contributed by atoms with van der Waals surface area (Å²) in [6.45, 7) is 0.982. The molecule has 0 aliphatic rings. The minimum Gasteiger partial charge on any atom is -0.480 e. The highest BCUT2D eigenvalue weighted by molar-refractivity contribution is 5.74. The van der Waals surface area contributed by atoms with Crippen LogP contribution in [0.4, 0.5) is 0 Å². The van der Waals surface area contributed by atoms with Gasteiger partial charge in [-0.25, -0.2) is 4.79 Å². The molecule has 1 unspecified atom stereocenters. The average Bonchev–Trinajstić information content (AvgIpc) is 2.15. The number of aliphatic carboxylic acids is 2. The second-order valence-electron chi connectivity index (χ2n) is 2.74. The topological polar surface area (TPSA) is 107 Å². The smallest absolute Gasteiger partial charge is 0.348 e. The minimum atomic E-state index is -1.33. The van der Waals surface area contributed by atoms with Crippen molar-refractivity contribution in [2.75, 3.05) is 26.3 Å². The maximum absolute atomic E-state index is 10.7. The monoisotopic (exact) mass is 221 g/mol. The van der Waals surface area contributed by atoms with Gasteiger partial charge in [-0.1, -0.05) is 6.92 Å². The molecule has 0 aliphatic carbocycles. The summed E-state index contributed by atoms with van der Waals surface area (Å²) in [6, 6.07) is 0. The molecule has 1 atom stereocenters. The summed E-state index contributed by atoms with van der Waals surface area (Å²) in [6.07, 6.45) is -1.33. The van der Waals surface area contributed by atoms with Gasteiger partial charge in [0.25, 0.3) is 0 Å². The number of hydrogen-bond acceptors (Lipinski definition) is 5. The number of aliphatic hydroxyl groups excluding tert-OH is 1. The van der Waals surface area contributed by atoms with Gasteiger partial charge in [0, 0.05) is 0 Å². The number of carboxylic acid groups (broad SMARTS) is 2. The SMILES string of the molecule is CCN(CC(=O)O)C(OCCO)C(=O)O. The van der Waals surface area contributed by atoms with E-state index in [1.165, 1.54) is 0 Å². The molecule has 0 fully saturated rings. The van der Waals surface area contributed by atoms with Gasteiger partial charge in [0.1, 0.15) is 0 Å². The molecule has 0 amide bonds. The van der Waals surface area contributed by atoms with Crippen molar-refractivity contribution < 1.29 is 29.6 Å². The molecule has 0 rings (SSSR count). The van der Waals surface area contributed by atoms with Gasteiger partial charge in [-0.2, -0.15) is 0 Å². The van der Waals surface area contributed by atoms with E-state index in [4.69, 9.17) is 20.1 Å². The molecule has 0 aliphatic heterocycles. The summed E-state index contributed by atoms with van der Waals surface area (Å²) >= 11 is 0. The quantitative estimate of drug-likeness (QED) is 0.442. The lowest BCUT2D eigenvalue weighted by Crippen LogP contribution is -2.46. The van der Waals surface area contributed by atoms with E-state index in [-0.39, 0.29) is 19.8 Å². The molecular formula is C8H15NO6. The fourth-order valence-corrected chi connectivity index (χ4v) is 1.03. The highest BCUT2D eigenvalue weighted by atomic mass is 16.5. The zero-order valence-corrected chi connectivity index (χ0v) is 8.42. The Morgan fingerprint density at radius 1 is 1.40 bits per heavy atom. The number of aliphatic hydroxyl groups is 1. The molecule has 0 saturated carbocycles. The molecule has 0 spiro atoms. The Kier molecular flexibility index (Phi) is 6.59. The van der Waals surface area contributed by atoms with Crippen molar-refractivity contribution in [2.45, 2.75) is 13.2 Å². The van der Waals surface area contributed by atoms with Gasteiger partial charge in [-0.3, -0.25) is 9.69 Å². The van der Waals surface area contributed by atoms with E-state index in [1.54, 1.807) is 6.92 Å².